The van der Waals surface area contributed by atoms with E-state index in [4.69, 9.17) is 46.5 Å². The molecule has 4 aromatic rings. The molecule has 3 aromatic carbocycles. The molecule has 0 radical (unpaired) electrons. The van der Waals surface area contributed by atoms with E-state index in [-0.39, 0.29) is 45.0 Å². The van der Waals surface area contributed by atoms with Crippen LogP contribution < -0.4 is 44.0 Å². The van der Waals surface area contributed by atoms with Gasteiger partial charge in [-0.1, -0.05) is 11.8 Å². The lowest BCUT2D eigenvalue weighted by Crippen LogP contribution is -2.42. The third-order valence-corrected chi connectivity index (χ3v) is 9.58. The summed E-state index contributed by atoms with van der Waals surface area (Å²) in [4.78, 5) is 13.9. The summed E-state index contributed by atoms with van der Waals surface area (Å²) in [6, 6.07) is 12.2. The third-order valence-electron chi connectivity index (χ3n) is 7.28. The lowest BCUT2D eigenvalue weighted by Gasteiger charge is -2.22. The lowest BCUT2D eigenvalue weighted by molar-refractivity contribution is -0.109. The van der Waals surface area contributed by atoms with Gasteiger partial charge >= 0.3 is 16.0 Å². The van der Waals surface area contributed by atoms with E-state index in [0.717, 1.165) is 0 Å². The summed E-state index contributed by atoms with van der Waals surface area (Å²) >= 11 is 1.19. The molecule has 0 spiro atoms. The monoisotopic (exact) mass is 732 g/mol. The van der Waals surface area contributed by atoms with Crippen molar-refractivity contribution in [3.63, 3.8) is 0 Å². The zero-order valence-electron chi connectivity index (χ0n) is 28.3. The van der Waals surface area contributed by atoms with E-state index in [9.17, 15) is 13.2 Å². The zero-order chi connectivity index (χ0) is 36.1. The van der Waals surface area contributed by atoms with E-state index in [1.54, 1.807) is 24.3 Å². The van der Waals surface area contributed by atoms with Gasteiger partial charge in [0.25, 0.3) is 5.23 Å². The molecule has 1 N–H and O–H groups in total. The van der Waals surface area contributed by atoms with Crippen molar-refractivity contribution in [2.24, 2.45) is 5.10 Å². The Hall–Kier alpha value is -5.00. The lowest BCUT2D eigenvalue weighted by atomic mass is 10.1. The molecular formula is C33H36N2O13S2. The molecule has 17 heteroatoms. The van der Waals surface area contributed by atoms with Gasteiger partial charge in [0, 0.05) is 30.4 Å². The number of methoxy groups -OCH3 is 6. The smallest absolute Gasteiger partial charge is 0.321 e. The summed E-state index contributed by atoms with van der Waals surface area (Å²) in [7, 11) is 4.64. The van der Waals surface area contributed by atoms with Gasteiger partial charge in [0.15, 0.2) is 17.3 Å². The summed E-state index contributed by atoms with van der Waals surface area (Å²) < 4.78 is 81.5. The van der Waals surface area contributed by atoms with Gasteiger partial charge in [0.2, 0.25) is 16.9 Å². The van der Waals surface area contributed by atoms with E-state index in [1.165, 1.54) is 85.6 Å². The van der Waals surface area contributed by atoms with Crippen molar-refractivity contribution in [2.75, 3.05) is 55.0 Å². The zero-order valence-corrected chi connectivity index (χ0v) is 29.9. The van der Waals surface area contributed by atoms with E-state index < -0.39 is 21.5 Å². The van der Waals surface area contributed by atoms with Crippen LogP contribution in [0.3, 0.4) is 0 Å². The van der Waals surface area contributed by atoms with Gasteiger partial charge in [0.05, 0.1) is 54.2 Å². The van der Waals surface area contributed by atoms with Gasteiger partial charge in [0.1, 0.15) is 28.2 Å². The number of fused-ring (bicyclic) bond motifs is 1. The van der Waals surface area contributed by atoms with Gasteiger partial charge < -0.3 is 42.3 Å². The first-order valence-corrected chi connectivity index (χ1v) is 17.3. The molecule has 1 aliphatic heterocycles. The molecule has 0 amide bonds. The molecule has 1 aliphatic rings. The Morgan fingerprint density at radius 1 is 0.820 bits per heavy atom. The van der Waals surface area contributed by atoms with Crippen molar-refractivity contribution in [3.05, 3.63) is 58.8 Å². The Morgan fingerprint density at radius 3 is 2.08 bits per heavy atom. The van der Waals surface area contributed by atoms with Crippen molar-refractivity contribution in [1.82, 2.24) is 5.43 Å². The molecule has 1 atom stereocenters. The van der Waals surface area contributed by atoms with Crippen LogP contribution in [0.5, 0.6) is 40.2 Å². The maximum atomic E-state index is 14.0. The number of hydrazone groups is 1. The fraction of sp³-hybridized carbons (Fsp3) is 0.333. The summed E-state index contributed by atoms with van der Waals surface area (Å²) in [6.45, 7) is 1.47. The first-order valence-electron chi connectivity index (χ1n) is 14.9. The number of rotatable bonds is 15. The SMILES string of the molecule is COc1ccc(S(=O)(=O)OC2(C)NN=C(SCCCOc3c(-c4cc(OC)c(OC)c(OC)c4)oc4cc(OC)cc(OC)c4c3=O)O2)cc1. The van der Waals surface area contributed by atoms with Gasteiger partial charge in [-0.3, -0.25) is 4.79 Å². The molecule has 15 nitrogen and oxygen atoms in total. The van der Waals surface area contributed by atoms with Crippen LogP contribution in [0.15, 0.2) is 67.7 Å². The summed E-state index contributed by atoms with van der Waals surface area (Å²) in [5.41, 5.74) is 2.74. The van der Waals surface area contributed by atoms with Gasteiger partial charge in [-0.05, 0) is 42.8 Å². The van der Waals surface area contributed by atoms with Gasteiger partial charge in [-0.25, -0.2) is 5.43 Å². The minimum Gasteiger partial charge on any atom is -0.497 e. The van der Waals surface area contributed by atoms with Crippen LogP contribution in [0, 0.1) is 0 Å². The number of benzene rings is 3. The molecule has 0 bridgehead atoms. The van der Waals surface area contributed by atoms with E-state index in [1.807, 2.05) is 0 Å². The molecule has 0 saturated carbocycles. The van der Waals surface area contributed by atoms with Crippen molar-refractivity contribution in [2.45, 2.75) is 24.2 Å². The molecule has 268 valence electrons. The first kappa shape index (κ1) is 36.3. The maximum absolute atomic E-state index is 14.0. The Morgan fingerprint density at radius 2 is 1.48 bits per heavy atom. The largest absolute Gasteiger partial charge is 0.497 e. The third kappa shape index (κ3) is 7.59. The number of thioether (sulfide) groups is 1. The highest BCUT2D eigenvalue weighted by Gasteiger charge is 2.40. The Bertz CT molecular complexity index is 2020. The number of hydrogen-bond donors (Lipinski definition) is 1. The minimum absolute atomic E-state index is 0.0684. The van der Waals surface area contributed by atoms with Crippen LogP contribution in [0.1, 0.15) is 13.3 Å². The molecule has 1 aromatic heterocycles. The highest BCUT2D eigenvalue weighted by atomic mass is 32.2. The number of ether oxygens (including phenoxy) is 8. The average molecular weight is 733 g/mol. The quantitative estimate of drug-likeness (QED) is 0.128. The Kier molecular flexibility index (Phi) is 11.1. The molecule has 1 unspecified atom stereocenters. The van der Waals surface area contributed by atoms with Crippen molar-refractivity contribution < 1.29 is 54.9 Å². The molecule has 0 aliphatic carbocycles. The molecule has 0 fully saturated rings. The van der Waals surface area contributed by atoms with Crippen LogP contribution in [-0.2, 0) is 19.0 Å². The minimum atomic E-state index is -4.20. The number of nitrogens with one attached hydrogen (secondary N) is 1. The van der Waals surface area contributed by atoms with Crippen LogP contribution in [0.4, 0.5) is 0 Å². The van der Waals surface area contributed by atoms with Crippen LogP contribution in [0.25, 0.3) is 22.3 Å². The fourth-order valence-electron chi connectivity index (χ4n) is 4.90. The van der Waals surface area contributed by atoms with E-state index >= 15 is 0 Å². The normalized spacial score (nSPS) is 15.5. The average Bonchev–Trinajstić information content (AvgIpc) is 3.49. The second-order valence-electron chi connectivity index (χ2n) is 10.5. The fourth-order valence-corrected chi connectivity index (χ4v) is 6.73. The molecule has 5 rings (SSSR count). The number of hydrogen-bond acceptors (Lipinski definition) is 16. The molecule has 0 saturated heterocycles. The first-order chi connectivity index (χ1) is 24.0. The second kappa shape index (κ2) is 15.3. The predicted molar refractivity (Wildman–Crippen MR) is 185 cm³/mol. The van der Waals surface area contributed by atoms with Crippen LogP contribution >= 0.6 is 11.8 Å². The van der Waals surface area contributed by atoms with Crippen LogP contribution in [-0.4, -0.2) is 74.6 Å². The van der Waals surface area contributed by atoms with E-state index in [2.05, 4.69) is 10.5 Å². The van der Waals surface area contributed by atoms with Crippen molar-refractivity contribution in [3.8, 4) is 51.6 Å². The molecular weight excluding hydrogens is 696 g/mol. The predicted octanol–water partition coefficient (Wildman–Crippen LogP) is 4.98. The standard InChI is InChI=1S/C33H36N2O13S2/c1-33(48-50(37,38)22-11-9-20(39-2)10-12-22)35-34-32(47-33)49-14-8-13-45-31-28(36)27-23(41-4)17-21(40-3)18-24(27)46-29(31)19-15-25(42-5)30(44-7)26(16-19)43-6/h9-12,15-18,35H,8,13-14H2,1-7H3. The second-order valence-corrected chi connectivity index (χ2v) is 13.1. The molecule has 2 heterocycles. The van der Waals surface area contributed by atoms with E-state index in [0.29, 0.717) is 46.5 Å². The van der Waals surface area contributed by atoms with Crippen molar-refractivity contribution in [1.29, 1.82) is 0 Å². The Labute approximate surface area is 292 Å². The number of nitrogens with zero attached hydrogens (tertiary/aromatic N) is 1. The summed E-state index contributed by atoms with van der Waals surface area (Å²) in [5, 5.41) is 4.38. The molecule has 50 heavy (non-hydrogen) atoms. The van der Waals surface area contributed by atoms with Gasteiger partial charge in [-0.2, -0.15) is 12.6 Å². The Balaban J connectivity index is 1.32. The van der Waals surface area contributed by atoms with Crippen molar-refractivity contribution >= 4 is 38.1 Å². The van der Waals surface area contributed by atoms with Crippen LogP contribution in [0.2, 0.25) is 0 Å². The topological polar surface area (TPSA) is 172 Å². The van der Waals surface area contributed by atoms with Gasteiger partial charge in [-0.15, -0.1) is 5.10 Å². The summed E-state index contributed by atoms with van der Waals surface area (Å²) in [5.74, 6) is 0.900. The maximum Gasteiger partial charge on any atom is 0.321 e. The summed E-state index contributed by atoms with van der Waals surface area (Å²) in [6.07, 6.45) is 0.417. The highest BCUT2D eigenvalue weighted by molar-refractivity contribution is 8.13. The highest BCUT2D eigenvalue weighted by Crippen LogP contribution is 2.44.